The van der Waals surface area contributed by atoms with Gasteiger partial charge in [-0.25, -0.2) is 0 Å². The van der Waals surface area contributed by atoms with E-state index in [1.54, 1.807) is 13.0 Å². The highest BCUT2D eigenvalue weighted by molar-refractivity contribution is 7.86. The first kappa shape index (κ1) is 21.0. The van der Waals surface area contributed by atoms with E-state index >= 15 is 0 Å². The molecular weight excluding hydrogens is 336 g/mol. The molecule has 1 unspecified atom stereocenters. The van der Waals surface area contributed by atoms with Crippen LogP contribution < -0.4 is 0 Å². The van der Waals surface area contributed by atoms with Gasteiger partial charge in [-0.2, -0.15) is 16.8 Å². The van der Waals surface area contributed by atoms with E-state index in [0.29, 0.717) is 13.0 Å². The highest BCUT2D eigenvalue weighted by Crippen LogP contribution is 2.08. The number of carbonyl (C=O) groups excluding carboxylic acids is 1. The molecule has 0 N–H and O–H groups in total. The van der Waals surface area contributed by atoms with E-state index in [9.17, 15) is 21.6 Å². The number of ether oxygens (including phenoxy) is 1. The van der Waals surface area contributed by atoms with Crippen molar-refractivity contribution < 1.29 is 34.7 Å². The molecule has 0 aromatic heterocycles. The Labute approximate surface area is 131 Å². The molecule has 0 amide bonds. The van der Waals surface area contributed by atoms with Crippen LogP contribution in [-0.2, 0) is 38.1 Å². The zero-order valence-corrected chi connectivity index (χ0v) is 14.5. The van der Waals surface area contributed by atoms with Crippen molar-refractivity contribution in [3.63, 3.8) is 0 Å². The Morgan fingerprint density at radius 1 is 1.14 bits per heavy atom. The summed E-state index contributed by atoms with van der Waals surface area (Å²) in [6.07, 6.45) is 4.51. The van der Waals surface area contributed by atoms with Crippen LogP contribution in [0.3, 0.4) is 0 Å². The molecule has 0 bridgehead atoms. The van der Waals surface area contributed by atoms with Gasteiger partial charge in [0.2, 0.25) is 0 Å². The summed E-state index contributed by atoms with van der Waals surface area (Å²) in [6, 6.07) is 0. The van der Waals surface area contributed by atoms with E-state index in [1.807, 2.05) is 0 Å². The van der Waals surface area contributed by atoms with Crippen molar-refractivity contribution in [3.05, 3.63) is 12.2 Å². The van der Waals surface area contributed by atoms with Crippen LogP contribution in [0.2, 0.25) is 0 Å². The minimum atomic E-state index is -3.70. The van der Waals surface area contributed by atoms with Crippen LogP contribution in [0.4, 0.5) is 0 Å². The Morgan fingerprint density at radius 2 is 1.77 bits per heavy atom. The van der Waals surface area contributed by atoms with E-state index in [1.165, 1.54) is 6.08 Å². The first-order valence-electron chi connectivity index (χ1n) is 6.58. The Kier molecular flexibility index (Phi) is 9.49. The van der Waals surface area contributed by atoms with E-state index in [0.717, 1.165) is 12.5 Å². The maximum atomic E-state index is 11.1. The maximum Gasteiger partial charge on any atom is 0.306 e. The molecule has 0 saturated carbocycles. The summed E-state index contributed by atoms with van der Waals surface area (Å²) < 4.78 is 58.1. The second-order valence-electron chi connectivity index (χ2n) is 4.43. The van der Waals surface area contributed by atoms with Crippen molar-refractivity contribution in [2.45, 2.75) is 32.3 Å². The molecule has 1 atom stereocenters. The standard InChI is InChI=1S/C12H22O8S2/c1-4-18-12(13)8-6-5-7-11(20-22(3,16)17)9-10-19-21(2,14)15/h5,7,11H,4,6,8-10H2,1-3H3. The fourth-order valence-electron chi connectivity index (χ4n) is 1.40. The summed E-state index contributed by atoms with van der Waals surface area (Å²) >= 11 is 0. The summed E-state index contributed by atoms with van der Waals surface area (Å²) in [5, 5.41) is 0. The van der Waals surface area contributed by atoms with Gasteiger partial charge in [0.1, 0.15) is 0 Å². The van der Waals surface area contributed by atoms with Crippen LogP contribution in [0, 0.1) is 0 Å². The predicted molar refractivity (Wildman–Crippen MR) is 80.1 cm³/mol. The Hall–Kier alpha value is -0.970. The van der Waals surface area contributed by atoms with Gasteiger partial charge >= 0.3 is 5.97 Å². The van der Waals surface area contributed by atoms with Gasteiger partial charge in [-0.05, 0) is 13.3 Å². The van der Waals surface area contributed by atoms with Crippen LogP contribution in [0.5, 0.6) is 0 Å². The van der Waals surface area contributed by atoms with Gasteiger partial charge in [-0.15, -0.1) is 0 Å². The molecule has 0 aromatic rings. The van der Waals surface area contributed by atoms with Crippen LogP contribution in [-0.4, -0.2) is 54.6 Å². The number of carbonyl (C=O) groups is 1. The monoisotopic (exact) mass is 358 g/mol. The third-order valence-corrected chi connectivity index (χ3v) is 3.36. The fourth-order valence-corrected chi connectivity index (χ4v) is 2.41. The zero-order valence-electron chi connectivity index (χ0n) is 12.9. The Bertz CT molecular complexity index is 562. The summed E-state index contributed by atoms with van der Waals surface area (Å²) in [5.74, 6) is -0.354. The van der Waals surface area contributed by atoms with Gasteiger partial charge in [0.25, 0.3) is 20.2 Å². The molecule has 0 fully saturated rings. The highest BCUT2D eigenvalue weighted by Gasteiger charge is 2.14. The summed E-state index contributed by atoms with van der Waals surface area (Å²) in [5.41, 5.74) is 0. The average molecular weight is 358 g/mol. The van der Waals surface area contributed by atoms with E-state index in [4.69, 9.17) is 8.92 Å². The molecule has 8 nitrogen and oxygen atoms in total. The van der Waals surface area contributed by atoms with Crippen LogP contribution in [0.15, 0.2) is 12.2 Å². The van der Waals surface area contributed by atoms with Gasteiger partial charge in [-0.3, -0.25) is 13.2 Å². The van der Waals surface area contributed by atoms with Gasteiger partial charge < -0.3 is 4.74 Å². The summed E-state index contributed by atoms with van der Waals surface area (Å²) in [4.78, 5) is 11.1. The maximum absolute atomic E-state index is 11.1. The highest BCUT2D eigenvalue weighted by atomic mass is 32.2. The topological polar surface area (TPSA) is 113 Å². The largest absolute Gasteiger partial charge is 0.466 e. The normalized spacial score (nSPS) is 14.1. The molecule has 0 aromatic carbocycles. The van der Waals surface area contributed by atoms with E-state index < -0.39 is 26.3 Å². The molecule has 0 spiro atoms. The minimum absolute atomic E-state index is 0.0377. The molecular formula is C12H22O8S2. The van der Waals surface area contributed by atoms with Crippen LogP contribution >= 0.6 is 0 Å². The Morgan fingerprint density at radius 3 is 2.27 bits per heavy atom. The molecule has 130 valence electrons. The number of hydrogen-bond donors (Lipinski definition) is 0. The molecule has 0 rings (SSSR count). The molecule has 0 aliphatic rings. The van der Waals surface area contributed by atoms with Gasteiger partial charge in [0.15, 0.2) is 0 Å². The molecule has 0 radical (unpaired) electrons. The molecule has 22 heavy (non-hydrogen) atoms. The summed E-state index contributed by atoms with van der Waals surface area (Å²) in [7, 11) is -7.30. The van der Waals surface area contributed by atoms with Crippen LogP contribution in [0.25, 0.3) is 0 Å². The zero-order chi connectivity index (χ0) is 17.2. The number of esters is 1. The van der Waals surface area contributed by atoms with Crippen molar-refractivity contribution >= 4 is 26.2 Å². The first-order valence-corrected chi connectivity index (χ1v) is 10.2. The lowest BCUT2D eigenvalue weighted by Gasteiger charge is -2.12. The average Bonchev–Trinajstić information content (AvgIpc) is 2.31. The molecule has 10 heteroatoms. The van der Waals surface area contributed by atoms with Crippen molar-refractivity contribution in [1.82, 2.24) is 0 Å². The smallest absolute Gasteiger partial charge is 0.306 e. The van der Waals surface area contributed by atoms with Crippen molar-refractivity contribution in [3.8, 4) is 0 Å². The molecule has 0 saturated heterocycles. The SMILES string of the molecule is CCOC(=O)CCC=CC(CCOS(C)(=O)=O)OS(C)(=O)=O. The second kappa shape index (κ2) is 9.93. The molecule has 0 aliphatic heterocycles. The lowest BCUT2D eigenvalue weighted by molar-refractivity contribution is -0.143. The quantitative estimate of drug-likeness (QED) is 0.300. The number of rotatable bonds is 11. The number of hydrogen-bond acceptors (Lipinski definition) is 8. The minimum Gasteiger partial charge on any atom is -0.466 e. The van der Waals surface area contributed by atoms with E-state index in [-0.39, 0.29) is 25.4 Å². The van der Waals surface area contributed by atoms with Gasteiger partial charge in [-0.1, -0.05) is 12.2 Å². The van der Waals surface area contributed by atoms with Gasteiger partial charge in [0, 0.05) is 12.8 Å². The first-order chi connectivity index (χ1) is 10.0. The third-order valence-electron chi connectivity index (χ3n) is 2.17. The predicted octanol–water partition coefficient (Wildman–Crippen LogP) is 0.597. The Balaban J connectivity index is 4.43. The lowest BCUT2D eigenvalue weighted by atomic mass is 10.2. The van der Waals surface area contributed by atoms with Crippen LogP contribution in [0.1, 0.15) is 26.2 Å². The van der Waals surface area contributed by atoms with Gasteiger partial charge in [0.05, 0.1) is 31.8 Å². The fraction of sp³-hybridized carbons (Fsp3) is 0.750. The lowest BCUT2D eigenvalue weighted by Crippen LogP contribution is -2.18. The number of allylic oxidation sites excluding steroid dienone is 1. The van der Waals surface area contributed by atoms with Crippen molar-refractivity contribution in [1.29, 1.82) is 0 Å². The molecule has 0 aliphatic carbocycles. The second-order valence-corrected chi connectivity index (χ2v) is 7.67. The van der Waals surface area contributed by atoms with E-state index in [2.05, 4.69) is 4.18 Å². The van der Waals surface area contributed by atoms with Crippen molar-refractivity contribution in [2.75, 3.05) is 25.7 Å². The third kappa shape index (κ3) is 14.0. The molecule has 0 heterocycles. The summed E-state index contributed by atoms with van der Waals surface area (Å²) in [6.45, 7) is 1.79. The van der Waals surface area contributed by atoms with Crippen molar-refractivity contribution in [2.24, 2.45) is 0 Å².